The number of rotatable bonds is 4. The van der Waals surface area contributed by atoms with Crippen LogP contribution in [0.1, 0.15) is 17.3 Å². The summed E-state index contributed by atoms with van der Waals surface area (Å²) in [6, 6.07) is 2.83. The summed E-state index contributed by atoms with van der Waals surface area (Å²) >= 11 is 1.90. The largest absolute Gasteiger partial charge is 0.507 e. The predicted octanol–water partition coefficient (Wildman–Crippen LogP) is 0.561. The van der Waals surface area contributed by atoms with E-state index in [0.29, 0.717) is 3.57 Å². The number of aliphatic hydroxyl groups excluding tert-OH is 1. The molecule has 6 nitrogen and oxygen atoms in total. The van der Waals surface area contributed by atoms with Crippen molar-refractivity contribution < 1.29 is 24.9 Å². The molecule has 2 atom stereocenters. The Morgan fingerprint density at radius 3 is 2.44 bits per heavy atom. The summed E-state index contributed by atoms with van der Waals surface area (Å²) in [6.45, 7) is 1.27. The summed E-state index contributed by atoms with van der Waals surface area (Å²) in [4.78, 5) is 22.5. The zero-order valence-corrected chi connectivity index (χ0v) is 11.6. The SMILES string of the molecule is CC(O)C(NC(=O)c1ccc(I)c(O)c1)C(=O)O. The molecule has 1 amide bonds. The maximum Gasteiger partial charge on any atom is 0.328 e. The second kappa shape index (κ2) is 6.01. The van der Waals surface area contributed by atoms with Gasteiger partial charge in [0.05, 0.1) is 9.67 Å². The third-order valence-electron chi connectivity index (χ3n) is 2.24. The molecule has 0 saturated carbocycles. The highest BCUT2D eigenvalue weighted by atomic mass is 127. The average molecular weight is 365 g/mol. The fourth-order valence-electron chi connectivity index (χ4n) is 1.27. The minimum absolute atomic E-state index is 0.0628. The fraction of sp³-hybridized carbons (Fsp3) is 0.273. The lowest BCUT2D eigenvalue weighted by Crippen LogP contribution is -2.47. The number of aliphatic hydroxyl groups is 1. The number of phenolic OH excluding ortho intramolecular Hbond substituents is 1. The van der Waals surface area contributed by atoms with Gasteiger partial charge in [0.15, 0.2) is 6.04 Å². The fourth-order valence-corrected chi connectivity index (χ4v) is 1.60. The van der Waals surface area contributed by atoms with Gasteiger partial charge in [0.1, 0.15) is 5.75 Å². The van der Waals surface area contributed by atoms with Crippen molar-refractivity contribution in [2.75, 3.05) is 0 Å². The first-order chi connectivity index (χ1) is 8.32. The molecule has 0 aliphatic carbocycles. The van der Waals surface area contributed by atoms with Gasteiger partial charge in [0.2, 0.25) is 0 Å². The highest BCUT2D eigenvalue weighted by Crippen LogP contribution is 2.20. The third-order valence-corrected chi connectivity index (χ3v) is 3.16. The van der Waals surface area contributed by atoms with Gasteiger partial charge < -0.3 is 20.6 Å². The second-order valence-corrected chi connectivity index (χ2v) is 4.86. The molecule has 0 bridgehead atoms. The average Bonchev–Trinajstić information content (AvgIpc) is 2.28. The van der Waals surface area contributed by atoms with E-state index in [1.54, 1.807) is 0 Å². The van der Waals surface area contributed by atoms with E-state index >= 15 is 0 Å². The van der Waals surface area contributed by atoms with Crippen LogP contribution in [0.25, 0.3) is 0 Å². The number of nitrogens with one attached hydrogen (secondary N) is 1. The Hall–Kier alpha value is -1.35. The van der Waals surface area contributed by atoms with Crippen molar-refractivity contribution in [2.24, 2.45) is 0 Å². The first-order valence-electron chi connectivity index (χ1n) is 5.03. The van der Waals surface area contributed by atoms with E-state index in [1.165, 1.54) is 25.1 Å². The van der Waals surface area contributed by atoms with Gasteiger partial charge in [-0.3, -0.25) is 4.79 Å². The summed E-state index contributed by atoms with van der Waals surface area (Å²) in [5.74, 6) is -2.06. The Labute approximate surface area is 117 Å². The van der Waals surface area contributed by atoms with Gasteiger partial charge in [-0.2, -0.15) is 0 Å². The number of aliphatic carboxylic acids is 1. The van der Waals surface area contributed by atoms with E-state index in [-0.39, 0.29) is 11.3 Å². The molecule has 18 heavy (non-hydrogen) atoms. The second-order valence-electron chi connectivity index (χ2n) is 3.70. The summed E-state index contributed by atoms with van der Waals surface area (Å²) in [7, 11) is 0. The molecule has 0 aliphatic heterocycles. The smallest absolute Gasteiger partial charge is 0.328 e. The van der Waals surface area contributed by atoms with Crippen LogP contribution in [0, 0.1) is 3.57 Å². The number of carboxylic acids is 1. The van der Waals surface area contributed by atoms with Crippen LogP contribution in [-0.2, 0) is 4.79 Å². The van der Waals surface area contributed by atoms with E-state index in [0.717, 1.165) is 0 Å². The summed E-state index contributed by atoms with van der Waals surface area (Å²) in [6.07, 6.45) is -1.22. The number of halogens is 1. The molecule has 0 saturated heterocycles. The Bertz CT molecular complexity index is 475. The van der Waals surface area contributed by atoms with E-state index < -0.39 is 24.0 Å². The molecule has 7 heteroatoms. The number of hydrogen-bond donors (Lipinski definition) is 4. The van der Waals surface area contributed by atoms with Crippen LogP contribution < -0.4 is 5.32 Å². The molecule has 0 fully saturated rings. The Balaban J connectivity index is 2.87. The van der Waals surface area contributed by atoms with Crippen LogP contribution in [0.5, 0.6) is 5.75 Å². The molecule has 1 aromatic rings. The maximum atomic E-state index is 11.7. The van der Waals surface area contributed by atoms with Crippen molar-refractivity contribution in [1.82, 2.24) is 5.32 Å². The van der Waals surface area contributed by atoms with Gasteiger partial charge in [-0.1, -0.05) is 0 Å². The van der Waals surface area contributed by atoms with E-state index in [1.807, 2.05) is 22.6 Å². The Morgan fingerprint density at radius 2 is 2.00 bits per heavy atom. The molecular formula is C11H12INO5. The summed E-state index contributed by atoms with van der Waals surface area (Å²) < 4.78 is 0.578. The molecule has 0 heterocycles. The standard InChI is InChI=1S/C11H12INO5/c1-5(14)9(11(17)18)13-10(16)6-2-3-7(12)8(15)4-6/h2-5,9,14-15H,1H3,(H,13,16)(H,17,18). The van der Waals surface area contributed by atoms with E-state index in [4.69, 9.17) is 5.11 Å². The molecule has 2 unspecified atom stereocenters. The van der Waals surface area contributed by atoms with Crippen molar-refractivity contribution in [3.8, 4) is 5.75 Å². The zero-order valence-electron chi connectivity index (χ0n) is 9.42. The lowest BCUT2D eigenvalue weighted by Gasteiger charge is -2.17. The van der Waals surface area contributed by atoms with Gasteiger partial charge in [-0.05, 0) is 47.7 Å². The highest BCUT2D eigenvalue weighted by molar-refractivity contribution is 14.1. The number of hydrogen-bond acceptors (Lipinski definition) is 4. The van der Waals surface area contributed by atoms with Crippen LogP contribution in [0.2, 0.25) is 0 Å². The number of benzene rings is 1. The van der Waals surface area contributed by atoms with Gasteiger partial charge in [-0.15, -0.1) is 0 Å². The molecule has 0 radical (unpaired) electrons. The molecule has 0 aromatic heterocycles. The molecule has 1 rings (SSSR count). The monoisotopic (exact) mass is 365 g/mol. The molecular weight excluding hydrogens is 353 g/mol. The number of carbonyl (C=O) groups is 2. The van der Waals surface area contributed by atoms with Crippen LogP contribution in [0.15, 0.2) is 18.2 Å². The first kappa shape index (κ1) is 14.7. The van der Waals surface area contributed by atoms with E-state index in [2.05, 4.69) is 5.32 Å². The summed E-state index contributed by atoms with van der Waals surface area (Å²) in [5.41, 5.74) is 0.125. The zero-order chi connectivity index (χ0) is 13.9. The lowest BCUT2D eigenvalue weighted by atomic mass is 10.1. The maximum absolute atomic E-state index is 11.7. The van der Waals surface area contributed by atoms with Crippen molar-refractivity contribution >= 4 is 34.5 Å². The van der Waals surface area contributed by atoms with E-state index in [9.17, 15) is 19.8 Å². The molecule has 1 aromatic carbocycles. The quantitative estimate of drug-likeness (QED) is 0.584. The number of phenols is 1. The first-order valence-corrected chi connectivity index (χ1v) is 6.11. The normalized spacial score (nSPS) is 13.7. The van der Waals surface area contributed by atoms with Gasteiger partial charge in [0, 0.05) is 5.56 Å². The van der Waals surface area contributed by atoms with Crippen LogP contribution in [0.3, 0.4) is 0 Å². The minimum atomic E-state index is -1.39. The number of carbonyl (C=O) groups excluding carboxylic acids is 1. The van der Waals surface area contributed by atoms with Crippen LogP contribution in [0.4, 0.5) is 0 Å². The van der Waals surface area contributed by atoms with Crippen molar-refractivity contribution in [2.45, 2.75) is 19.1 Å². The molecule has 0 aliphatic rings. The Morgan fingerprint density at radius 1 is 1.39 bits per heavy atom. The molecule has 4 N–H and O–H groups in total. The van der Waals surface area contributed by atoms with Crippen LogP contribution >= 0.6 is 22.6 Å². The molecule has 0 spiro atoms. The van der Waals surface area contributed by atoms with Gasteiger partial charge in [0.25, 0.3) is 5.91 Å². The minimum Gasteiger partial charge on any atom is -0.507 e. The number of aromatic hydroxyl groups is 1. The number of carboxylic acid groups (broad SMARTS) is 1. The number of amides is 1. The topological polar surface area (TPSA) is 107 Å². The van der Waals surface area contributed by atoms with Gasteiger partial charge in [-0.25, -0.2) is 4.79 Å². The van der Waals surface area contributed by atoms with Crippen molar-refractivity contribution in [3.63, 3.8) is 0 Å². The van der Waals surface area contributed by atoms with Crippen molar-refractivity contribution in [3.05, 3.63) is 27.3 Å². The van der Waals surface area contributed by atoms with Crippen LogP contribution in [-0.4, -0.2) is 39.3 Å². The molecule has 98 valence electrons. The third kappa shape index (κ3) is 3.57. The lowest BCUT2D eigenvalue weighted by molar-refractivity contribution is -0.141. The Kier molecular flexibility index (Phi) is 4.91. The predicted molar refractivity (Wildman–Crippen MR) is 71.4 cm³/mol. The van der Waals surface area contributed by atoms with Gasteiger partial charge >= 0.3 is 5.97 Å². The van der Waals surface area contributed by atoms with Crippen molar-refractivity contribution in [1.29, 1.82) is 0 Å². The summed E-state index contributed by atoms with van der Waals surface area (Å²) in [5, 5.41) is 29.7. The highest BCUT2D eigenvalue weighted by Gasteiger charge is 2.25.